The lowest BCUT2D eigenvalue weighted by Gasteiger charge is -2.30. The number of hydrogen-bond donors (Lipinski definition) is 0. The number of rotatable bonds is 4. The van der Waals surface area contributed by atoms with Crippen LogP contribution in [0, 0.1) is 5.92 Å². The second kappa shape index (κ2) is 8.16. The van der Waals surface area contributed by atoms with Gasteiger partial charge in [0.2, 0.25) is 5.91 Å². The molecule has 1 fully saturated rings. The first kappa shape index (κ1) is 19.9. The maximum atomic E-state index is 13.5. The second-order valence-corrected chi connectivity index (χ2v) is 8.06. The zero-order valence-corrected chi connectivity index (χ0v) is 16.3. The molecule has 2 aromatic heterocycles. The third kappa shape index (κ3) is 4.46. The molecule has 1 aliphatic carbocycles. The molecule has 0 saturated heterocycles. The summed E-state index contributed by atoms with van der Waals surface area (Å²) in [6.07, 6.45) is 5.12. The maximum absolute atomic E-state index is 13.5. The van der Waals surface area contributed by atoms with E-state index in [-0.39, 0.29) is 31.0 Å². The number of carbonyl (C=O) groups excluding carboxylic acids is 1. The highest BCUT2D eigenvalue weighted by Crippen LogP contribution is 2.36. The van der Waals surface area contributed by atoms with Crippen LogP contribution < -0.4 is 0 Å². The van der Waals surface area contributed by atoms with Crippen molar-refractivity contribution in [3.8, 4) is 0 Å². The van der Waals surface area contributed by atoms with Gasteiger partial charge in [-0.1, -0.05) is 25.3 Å². The van der Waals surface area contributed by atoms with Gasteiger partial charge in [-0.05, 0) is 36.8 Å². The molecule has 3 heterocycles. The number of fused-ring (bicyclic) bond motifs is 1. The maximum Gasteiger partial charge on any atom is 0.435 e. The molecule has 2 aliphatic rings. The molecular formula is C21H25F3N4O. The van der Waals surface area contributed by atoms with Crippen LogP contribution in [0.3, 0.4) is 0 Å². The zero-order chi connectivity index (χ0) is 20.4. The average molecular weight is 406 g/mol. The molecule has 0 N–H and O–H groups in total. The Hall–Kier alpha value is -2.38. The fourth-order valence-electron chi connectivity index (χ4n) is 4.48. The van der Waals surface area contributed by atoms with E-state index in [4.69, 9.17) is 0 Å². The monoisotopic (exact) mass is 406 g/mol. The lowest BCUT2D eigenvalue weighted by atomic mass is 9.86. The summed E-state index contributed by atoms with van der Waals surface area (Å²) in [6.45, 7) is 0.710. The number of aromatic nitrogens is 3. The van der Waals surface area contributed by atoms with E-state index in [2.05, 4.69) is 10.1 Å². The third-order valence-corrected chi connectivity index (χ3v) is 6.00. The van der Waals surface area contributed by atoms with E-state index in [1.807, 2.05) is 6.07 Å². The van der Waals surface area contributed by atoms with Gasteiger partial charge in [0, 0.05) is 30.9 Å². The van der Waals surface area contributed by atoms with E-state index in [0.29, 0.717) is 24.6 Å². The number of alkyl halides is 3. The molecule has 0 bridgehead atoms. The van der Waals surface area contributed by atoms with E-state index < -0.39 is 11.9 Å². The summed E-state index contributed by atoms with van der Waals surface area (Å²) in [5.74, 6) is 0.453. The van der Waals surface area contributed by atoms with Crippen molar-refractivity contribution in [2.75, 3.05) is 6.54 Å². The second-order valence-electron chi connectivity index (χ2n) is 8.06. The van der Waals surface area contributed by atoms with Gasteiger partial charge in [0.1, 0.15) is 0 Å². The molecule has 4 rings (SSSR count). The van der Waals surface area contributed by atoms with Crippen molar-refractivity contribution in [3.05, 3.63) is 47.0 Å². The fraction of sp³-hybridized carbons (Fsp3) is 0.571. The van der Waals surface area contributed by atoms with Gasteiger partial charge in [-0.25, -0.2) is 0 Å². The number of halogens is 3. The molecule has 29 heavy (non-hydrogen) atoms. The quantitative estimate of drug-likeness (QED) is 0.765. The Labute approximate surface area is 167 Å². The molecule has 1 saturated carbocycles. The van der Waals surface area contributed by atoms with Gasteiger partial charge in [-0.2, -0.15) is 18.3 Å². The summed E-state index contributed by atoms with van der Waals surface area (Å²) in [5.41, 5.74) is 0.667. The Kier molecular flexibility index (Phi) is 5.61. The van der Waals surface area contributed by atoms with E-state index in [1.165, 1.54) is 11.1 Å². The lowest BCUT2D eigenvalue weighted by molar-refractivity contribution is -0.142. The summed E-state index contributed by atoms with van der Waals surface area (Å²) in [4.78, 5) is 18.5. The van der Waals surface area contributed by atoms with Gasteiger partial charge in [0.25, 0.3) is 0 Å². The van der Waals surface area contributed by atoms with Crippen LogP contribution in [-0.4, -0.2) is 32.1 Å². The zero-order valence-electron chi connectivity index (χ0n) is 16.3. The van der Waals surface area contributed by atoms with Crippen LogP contribution in [0.25, 0.3) is 0 Å². The Morgan fingerprint density at radius 1 is 1.21 bits per heavy atom. The smallest absolute Gasteiger partial charge is 0.336 e. The van der Waals surface area contributed by atoms with Crippen molar-refractivity contribution < 1.29 is 18.0 Å². The van der Waals surface area contributed by atoms with Gasteiger partial charge < -0.3 is 4.90 Å². The first-order valence-electron chi connectivity index (χ1n) is 10.2. The molecule has 5 nitrogen and oxygen atoms in total. The van der Waals surface area contributed by atoms with E-state index in [0.717, 1.165) is 31.2 Å². The average Bonchev–Trinajstić information content (AvgIpc) is 3.08. The van der Waals surface area contributed by atoms with E-state index >= 15 is 0 Å². The molecule has 0 aromatic carbocycles. The van der Waals surface area contributed by atoms with Crippen molar-refractivity contribution in [1.82, 2.24) is 19.7 Å². The first-order valence-corrected chi connectivity index (χ1v) is 10.2. The molecule has 0 radical (unpaired) electrons. The van der Waals surface area contributed by atoms with E-state index in [9.17, 15) is 18.0 Å². The number of carbonyl (C=O) groups is 1. The van der Waals surface area contributed by atoms with Crippen molar-refractivity contribution in [2.24, 2.45) is 5.92 Å². The summed E-state index contributed by atoms with van der Waals surface area (Å²) < 4.78 is 42.0. The van der Waals surface area contributed by atoms with Crippen molar-refractivity contribution in [2.45, 2.75) is 64.2 Å². The summed E-state index contributed by atoms with van der Waals surface area (Å²) in [7, 11) is 0. The number of hydrogen-bond acceptors (Lipinski definition) is 3. The molecule has 0 unspecified atom stereocenters. The minimum absolute atomic E-state index is 0.0465. The van der Waals surface area contributed by atoms with Crippen LogP contribution in [0.1, 0.15) is 61.0 Å². The Morgan fingerprint density at radius 2 is 2.00 bits per heavy atom. The Morgan fingerprint density at radius 3 is 2.69 bits per heavy atom. The topological polar surface area (TPSA) is 51.0 Å². The van der Waals surface area contributed by atoms with Crippen LogP contribution in [0.5, 0.6) is 0 Å². The minimum atomic E-state index is -4.50. The van der Waals surface area contributed by atoms with Crippen molar-refractivity contribution >= 4 is 5.91 Å². The van der Waals surface area contributed by atoms with Gasteiger partial charge in [0.15, 0.2) is 5.69 Å². The predicted molar refractivity (Wildman–Crippen MR) is 101 cm³/mol. The highest BCUT2D eigenvalue weighted by atomic mass is 19.4. The lowest BCUT2D eigenvalue weighted by Crippen LogP contribution is -2.38. The number of nitrogens with zero attached hydrogens (tertiary/aromatic N) is 4. The highest BCUT2D eigenvalue weighted by molar-refractivity contribution is 5.76. The van der Waals surface area contributed by atoms with Crippen LogP contribution in [-0.2, 0) is 30.5 Å². The minimum Gasteiger partial charge on any atom is -0.336 e. The SMILES string of the molecule is O=C(CC1CCCCC1)N1CCc2c(C(F)(F)F)nn(Cc3cccnc3)c2C1. The largest absolute Gasteiger partial charge is 0.435 e. The fourth-order valence-corrected chi connectivity index (χ4v) is 4.48. The predicted octanol–water partition coefficient (Wildman–Crippen LogP) is 4.20. The van der Waals surface area contributed by atoms with Gasteiger partial charge in [-0.15, -0.1) is 0 Å². The van der Waals surface area contributed by atoms with Crippen LogP contribution >= 0.6 is 0 Å². The summed E-state index contributed by atoms with van der Waals surface area (Å²) in [5, 5.41) is 3.89. The van der Waals surface area contributed by atoms with Gasteiger partial charge in [0.05, 0.1) is 18.8 Å². The van der Waals surface area contributed by atoms with Gasteiger partial charge in [-0.3, -0.25) is 14.5 Å². The highest BCUT2D eigenvalue weighted by Gasteiger charge is 2.41. The molecular weight excluding hydrogens is 381 g/mol. The summed E-state index contributed by atoms with van der Waals surface area (Å²) >= 11 is 0. The molecule has 2 aromatic rings. The standard InChI is InChI=1S/C21H25F3N4O/c22-21(23,24)20-17-8-10-27(19(29)11-15-5-2-1-3-6-15)14-18(17)28(26-20)13-16-7-4-9-25-12-16/h4,7,9,12,15H,1-3,5-6,8,10-11,13-14H2. The molecule has 0 atom stereocenters. The molecule has 1 aliphatic heterocycles. The van der Waals surface area contributed by atoms with Crippen LogP contribution in [0.15, 0.2) is 24.5 Å². The van der Waals surface area contributed by atoms with Crippen molar-refractivity contribution in [3.63, 3.8) is 0 Å². The normalized spacial score (nSPS) is 18.0. The molecule has 0 spiro atoms. The van der Waals surface area contributed by atoms with Crippen molar-refractivity contribution in [1.29, 1.82) is 0 Å². The van der Waals surface area contributed by atoms with Crippen LogP contribution in [0.4, 0.5) is 13.2 Å². The molecule has 8 heteroatoms. The first-order chi connectivity index (χ1) is 13.9. The molecule has 156 valence electrons. The Bertz CT molecular complexity index is 857. The number of pyridine rings is 1. The number of amides is 1. The van der Waals surface area contributed by atoms with Crippen LogP contribution in [0.2, 0.25) is 0 Å². The molecule has 1 amide bonds. The van der Waals surface area contributed by atoms with Gasteiger partial charge >= 0.3 is 6.18 Å². The Balaban J connectivity index is 1.56. The third-order valence-electron chi connectivity index (χ3n) is 6.00. The van der Waals surface area contributed by atoms with E-state index in [1.54, 1.807) is 23.4 Å². The summed E-state index contributed by atoms with van der Waals surface area (Å²) in [6, 6.07) is 3.55.